The quantitative estimate of drug-likeness (QED) is 0.628. The lowest BCUT2D eigenvalue weighted by atomic mass is 10.2. The molecular weight excluding hydrogens is 308 g/mol. The summed E-state index contributed by atoms with van der Waals surface area (Å²) >= 11 is 0. The number of amides is 2. The maximum absolute atomic E-state index is 11.6. The number of carbonyl (C=O) groups is 2. The highest BCUT2D eigenvalue weighted by Gasteiger charge is 2.04. The molecule has 2 aromatic rings. The molecule has 24 heavy (non-hydrogen) atoms. The van der Waals surface area contributed by atoms with Gasteiger partial charge in [0.05, 0.1) is 7.11 Å². The molecule has 2 amide bonds. The Bertz CT molecular complexity index is 697. The van der Waals surface area contributed by atoms with Crippen LogP contribution in [0.2, 0.25) is 0 Å². The third kappa shape index (κ3) is 5.84. The molecule has 2 N–H and O–H groups in total. The molecule has 0 saturated heterocycles. The van der Waals surface area contributed by atoms with Gasteiger partial charge < -0.3 is 9.47 Å². The number of carbonyl (C=O) groups excluding carboxylic acids is 2. The van der Waals surface area contributed by atoms with E-state index in [4.69, 9.17) is 9.47 Å². The van der Waals surface area contributed by atoms with Crippen LogP contribution in [0.3, 0.4) is 0 Å². The summed E-state index contributed by atoms with van der Waals surface area (Å²) in [6, 6.07) is 16.2. The number of benzene rings is 2. The van der Waals surface area contributed by atoms with Crippen molar-refractivity contribution in [3.8, 4) is 11.5 Å². The molecule has 2 rings (SSSR count). The molecule has 0 heterocycles. The Hall–Kier alpha value is -3.28. The van der Waals surface area contributed by atoms with E-state index in [1.54, 1.807) is 37.5 Å². The van der Waals surface area contributed by atoms with Crippen molar-refractivity contribution >= 4 is 17.9 Å². The van der Waals surface area contributed by atoms with Crippen molar-refractivity contribution in [1.29, 1.82) is 0 Å². The maximum Gasteiger partial charge on any atom is 0.276 e. The first kappa shape index (κ1) is 17.1. The van der Waals surface area contributed by atoms with Crippen molar-refractivity contribution in [1.82, 2.24) is 10.9 Å². The molecule has 0 spiro atoms. The van der Waals surface area contributed by atoms with E-state index >= 15 is 0 Å². The van der Waals surface area contributed by atoms with Gasteiger partial charge in [-0.05, 0) is 35.9 Å². The summed E-state index contributed by atoms with van der Waals surface area (Å²) in [7, 11) is 1.57. The molecule has 0 aromatic heterocycles. The van der Waals surface area contributed by atoms with E-state index in [0.29, 0.717) is 11.5 Å². The molecule has 0 aliphatic carbocycles. The van der Waals surface area contributed by atoms with E-state index in [2.05, 4.69) is 10.9 Å². The highest BCUT2D eigenvalue weighted by Crippen LogP contribution is 2.16. The average Bonchev–Trinajstić information content (AvgIpc) is 2.64. The van der Waals surface area contributed by atoms with E-state index in [1.165, 1.54) is 6.08 Å². The summed E-state index contributed by atoms with van der Waals surface area (Å²) < 4.78 is 10.3. The number of ether oxygens (including phenoxy) is 2. The van der Waals surface area contributed by atoms with E-state index in [-0.39, 0.29) is 6.61 Å². The molecule has 0 fully saturated rings. The lowest BCUT2D eigenvalue weighted by Crippen LogP contribution is -2.43. The highest BCUT2D eigenvalue weighted by atomic mass is 16.5. The lowest BCUT2D eigenvalue weighted by molar-refractivity contribution is -0.128. The minimum atomic E-state index is -0.465. The van der Waals surface area contributed by atoms with Crippen LogP contribution in [0.25, 0.3) is 6.08 Å². The summed E-state index contributed by atoms with van der Waals surface area (Å²) in [5.41, 5.74) is 5.44. The Labute approximate surface area is 140 Å². The van der Waals surface area contributed by atoms with Gasteiger partial charge in [0.25, 0.3) is 11.8 Å². The number of nitrogens with one attached hydrogen (secondary N) is 2. The molecular formula is C18H18N2O4. The Balaban J connectivity index is 1.70. The first-order valence-corrected chi connectivity index (χ1v) is 7.26. The monoisotopic (exact) mass is 326 g/mol. The average molecular weight is 326 g/mol. The standard InChI is InChI=1S/C18H18N2O4/c1-23-15-8-10-16(11-9-15)24-13-18(22)20-19-17(21)12-7-14-5-3-2-4-6-14/h2-12H,13H2,1H3,(H,19,21)(H,20,22)/b12-7+. The second kappa shape index (κ2) is 8.99. The van der Waals surface area contributed by atoms with Gasteiger partial charge in [-0.1, -0.05) is 30.3 Å². The molecule has 0 aliphatic heterocycles. The summed E-state index contributed by atoms with van der Waals surface area (Å²) in [5, 5.41) is 0. The molecule has 6 heteroatoms. The van der Waals surface area contributed by atoms with Crippen LogP contribution in [0.4, 0.5) is 0 Å². The molecule has 6 nitrogen and oxygen atoms in total. The number of hydrogen-bond donors (Lipinski definition) is 2. The van der Waals surface area contributed by atoms with Gasteiger partial charge in [0.1, 0.15) is 11.5 Å². The van der Waals surface area contributed by atoms with E-state index in [9.17, 15) is 9.59 Å². The fraction of sp³-hybridized carbons (Fsp3) is 0.111. The Morgan fingerprint density at radius 3 is 2.29 bits per heavy atom. The summed E-state index contributed by atoms with van der Waals surface area (Å²) in [6.07, 6.45) is 2.98. The normalized spacial score (nSPS) is 10.2. The first-order valence-electron chi connectivity index (χ1n) is 7.26. The topological polar surface area (TPSA) is 76.7 Å². The van der Waals surface area contributed by atoms with Gasteiger partial charge in [-0.3, -0.25) is 20.4 Å². The van der Waals surface area contributed by atoms with Crippen LogP contribution in [0.1, 0.15) is 5.56 Å². The van der Waals surface area contributed by atoms with E-state index in [0.717, 1.165) is 5.56 Å². The van der Waals surface area contributed by atoms with Gasteiger partial charge in [0, 0.05) is 6.08 Å². The first-order chi connectivity index (χ1) is 11.7. The van der Waals surface area contributed by atoms with Crippen LogP contribution in [0.15, 0.2) is 60.7 Å². The lowest BCUT2D eigenvalue weighted by Gasteiger charge is -2.08. The van der Waals surface area contributed by atoms with Crippen molar-refractivity contribution in [2.24, 2.45) is 0 Å². The van der Waals surface area contributed by atoms with Crippen LogP contribution in [0.5, 0.6) is 11.5 Å². The molecule has 124 valence electrons. The third-order valence-corrected chi connectivity index (χ3v) is 2.98. The van der Waals surface area contributed by atoms with Crippen LogP contribution < -0.4 is 20.3 Å². The van der Waals surface area contributed by atoms with Gasteiger partial charge in [-0.25, -0.2) is 0 Å². The molecule has 2 aromatic carbocycles. The van der Waals surface area contributed by atoms with Gasteiger partial charge in [0.15, 0.2) is 6.61 Å². The predicted octanol–water partition coefficient (Wildman–Crippen LogP) is 1.93. The van der Waals surface area contributed by atoms with E-state index < -0.39 is 11.8 Å². The van der Waals surface area contributed by atoms with E-state index in [1.807, 2.05) is 30.3 Å². The smallest absolute Gasteiger partial charge is 0.276 e. The Morgan fingerprint density at radius 2 is 1.62 bits per heavy atom. The molecule has 0 radical (unpaired) electrons. The summed E-state index contributed by atoms with van der Waals surface area (Å²) in [4.78, 5) is 23.2. The fourth-order valence-electron chi connectivity index (χ4n) is 1.77. The zero-order chi connectivity index (χ0) is 17.2. The highest BCUT2D eigenvalue weighted by molar-refractivity contribution is 5.93. The van der Waals surface area contributed by atoms with Gasteiger partial charge in [-0.2, -0.15) is 0 Å². The van der Waals surface area contributed by atoms with Crippen LogP contribution >= 0.6 is 0 Å². The number of rotatable bonds is 6. The third-order valence-electron chi connectivity index (χ3n) is 2.98. The minimum absolute atomic E-state index is 0.213. The number of hydrazine groups is 1. The van der Waals surface area contributed by atoms with Crippen LogP contribution in [0, 0.1) is 0 Å². The van der Waals surface area contributed by atoms with Crippen molar-refractivity contribution in [3.05, 3.63) is 66.2 Å². The molecule has 0 atom stereocenters. The van der Waals surface area contributed by atoms with Crippen molar-refractivity contribution in [2.75, 3.05) is 13.7 Å². The summed E-state index contributed by atoms with van der Waals surface area (Å²) in [5.74, 6) is 0.328. The van der Waals surface area contributed by atoms with Crippen molar-refractivity contribution in [2.45, 2.75) is 0 Å². The maximum atomic E-state index is 11.6. The minimum Gasteiger partial charge on any atom is -0.497 e. The zero-order valence-corrected chi connectivity index (χ0v) is 13.2. The largest absolute Gasteiger partial charge is 0.497 e. The number of hydrogen-bond acceptors (Lipinski definition) is 4. The second-order valence-corrected chi connectivity index (χ2v) is 4.75. The number of methoxy groups -OCH3 is 1. The van der Waals surface area contributed by atoms with Crippen molar-refractivity contribution in [3.63, 3.8) is 0 Å². The predicted molar refractivity (Wildman–Crippen MR) is 90.3 cm³/mol. The summed E-state index contributed by atoms with van der Waals surface area (Å²) in [6.45, 7) is -0.213. The SMILES string of the molecule is COc1ccc(OCC(=O)NNC(=O)/C=C/c2ccccc2)cc1. The Morgan fingerprint density at radius 1 is 0.958 bits per heavy atom. The molecule has 0 unspecified atom stereocenters. The fourth-order valence-corrected chi connectivity index (χ4v) is 1.77. The van der Waals surface area contributed by atoms with Crippen molar-refractivity contribution < 1.29 is 19.1 Å². The van der Waals surface area contributed by atoms with Crippen LogP contribution in [-0.4, -0.2) is 25.5 Å². The van der Waals surface area contributed by atoms with Gasteiger partial charge in [0.2, 0.25) is 0 Å². The van der Waals surface area contributed by atoms with Crippen LogP contribution in [-0.2, 0) is 9.59 Å². The zero-order valence-electron chi connectivity index (χ0n) is 13.2. The second-order valence-electron chi connectivity index (χ2n) is 4.75. The van der Waals surface area contributed by atoms with Gasteiger partial charge >= 0.3 is 0 Å². The molecule has 0 aliphatic rings. The van der Waals surface area contributed by atoms with Gasteiger partial charge in [-0.15, -0.1) is 0 Å². The Kier molecular flexibility index (Phi) is 6.40. The molecule has 0 bridgehead atoms. The molecule has 0 saturated carbocycles.